The van der Waals surface area contributed by atoms with Crippen molar-refractivity contribution in [1.82, 2.24) is 5.32 Å². The average Bonchev–Trinajstić information content (AvgIpc) is 2.91. The van der Waals surface area contributed by atoms with E-state index >= 15 is 0 Å². The van der Waals surface area contributed by atoms with E-state index in [-0.39, 0.29) is 24.2 Å². The van der Waals surface area contributed by atoms with E-state index in [2.05, 4.69) is 5.32 Å². The number of hydrogen-bond acceptors (Lipinski definition) is 2. The van der Waals surface area contributed by atoms with Crippen LogP contribution >= 0.6 is 0 Å². The molecule has 5 heteroatoms. The number of amides is 2. The molecule has 24 heavy (non-hydrogen) atoms. The first-order valence-electron chi connectivity index (χ1n) is 8.11. The van der Waals surface area contributed by atoms with Gasteiger partial charge < -0.3 is 10.2 Å². The van der Waals surface area contributed by atoms with E-state index in [1.165, 1.54) is 6.07 Å². The molecule has 0 saturated heterocycles. The number of anilines is 1. The molecule has 2 aromatic carbocycles. The second-order valence-electron chi connectivity index (χ2n) is 6.24. The number of nitrogens with zero attached hydrogens (tertiary/aromatic N) is 1. The van der Waals surface area contributed by atoms with Crippen LogP contribution in [0, 0.1) is 5.82 Å². The van der Waals surface area contributed by atoms with Gasteiger partial charge in [0.2, 0.25) is 5.91 Å². The second-order valence-corrected chi connectivity index (χ2v) is 6.24. The summed E-state index contributed by atoms with van der Waals surface area (Å²) in [6.45, 7) is 0.903. The lowest BCUT2D eigenvalue weighted by Gasteiger charge is -2.25. The fourth-order valence-corrected chi connectivity index (χ4v) is 3.53. The highest BCUT2D eigenvalue weighted by Gasteiger charge is 2.32. The fraction of sp³-hybridized carbons (Fsp3) is 0.263. The molecule has 0 unspecified atom stereocenters. The Labute approximate surface area is 139 Å². The third kappa shape index (κ3) is 2.46. The summed E-state index contributed by atoms with van der Waals surface area (Å²) in [5.41, 5.74) is 3.97. The molecule has 0 aromatic heterocycles. The highest BCUT2D eigenvalue weighted by atomic mass is 19.1. The fourth-order valence-electron chi connectivity index (χ4n) is 3.53. The van der Waals surface area contributed by atoms with Gasteiger partial charge in [-0.15, -0.1) is 0 Å². The number of halogens is 1. The SMILES string of the molecule is O=C(NCc1ccccc1F)c1cc2c3c(c1)CC(=O)N3CCC2. The number of hydrogen-bond donors (Lipinski definition) is 1. The predicted octanol–water partition coefficient (Wildman–Crippen LogP) is 2.59. The molecule has 0 spiro atoms. The molecule has 0 radical (unpaired) electrons. The first-order valence-corrected chi connectivity index (χ1v) is 8.11. The maximum Gasteiger partial charge on any atom is 0.251 e. The summed E-state index contributed by atoms with van der Waals surface area (Å²) in [5, 5.41) is 2.76. The van der Waals surface area contributed by atoms with Gasteiger partial charge in [0.05, 0.1) is 12.1 Å². The van der Waals surface area contributed by atoms with Crippen molar-refractivity contribution >= 4 is 17.5 Å². The maximum atomic E-state index is 13.6. The van der Waals surface area contributed by atoms with Crippen LogP contribution in [0.2, 0.25) is 0 Å². The lowest BCUT2D eigenvalue weighted by atomic mass is 9.96. The van der Waals surface area contributed by atoms with E-state index in [1.54, 1.807) is 24.3 Å². The zero-order chi connectivity index (χ0) is 16.7. The molecular weight excluding hydrogens is 307 g/mol. The first-order chi connectivity index (χ1) is 11.6. The molecule has 2 aliphatic rings. The summed E-state index contributed by atoms with van der Waals surface area (Å²) in [6.07, 6.45) is 2.15. The zero-order valence-corrected chi connectivity index (χ0v) is 13.1. The third-order valence-corrected chi connectivity index (χ3v) is 4.67. The minimum absolute atomic E-state index is 0.106. The van der Waals surface area contributed by atoms with E-state index in [0.29, 0.717) is 17.5 Å². The number of nitrogens with one attached hydrogen (secondary N) is 1. The lowest BCUT2D eigenvalue weighted by Crippen LogP contribution is -2.31. The van der Waals surface area contributed by atoms with E-state index in [9.17, 15) is 14.0 Å². The van der Waals surface area contributed by atoms with Crippen LogP contribution in [0.25, 0.3) is 0 Å². The average molecular weight is 324 g/mol. The molecule has 2 amide bonds. The van der Waals surface area contributed by atoms with Crippen LogP contribution in [0.5, 0.6) is 0 Å². The largest absolute Gasteiger partial charge is 0.348 e. The molecule has 0 aliphatic carbocycles. The van der Waals surface area contributed by atoms with E-state index in [4.69, 9.17) is 0 Å². The molecule has 122 valence electrons. The Hall–Kier alpha value is -2.69. The summed E-state index contributed by atoms with van der Waals surface area (Å²) in [6, 6.07) is 10.0. The number of rotatable bonds is 3. The lowest BCUT2D eigenvalue weighted by molar-refractivity contribution is -0.117. The Morgan fingerprint density at radius 2 is 2.00 bits per heavy atom. The van der Waals surface area contributed by atoms with Crippen molar-refractivity contribution < 1.29 is 14.0 Å². The molecule has 0 bridgehead atoms. The van der Waals surface area contributed by atoms with Crippen molar-refractivity contribution in [3.05, 3.63) is 64.5 Å². The molecule has 2 heterocycles. The Morgan fingerprint density at radius 1 is 1.21 bits per heavy atom. The van der Waals surface area contributed by atoms with Crippen LogP contribution in [0.1, 0.15) is 33.5 Å². The molecule has 0 saturated carbocycles. The highest BCUT2D eigenvalue weighted by Crippen LogP contribution is 2.37. The zero-order valence-electron chi connectivity index (χ0n) is 13.1. The topological polar surface area (TPSA) is 49.4 Å². The molecule has 1 N–H and O–H groups in total. The quantitative estimate of drug-likeness (QED) is 0.943. The standard InChI is InChI=1S/C19H17FN2O2/c20-16-6-2-1-4-13(16)11-21-19(24)15-8-12-5-3-7-22-17(23)10-14(9-15)18(12)22/h1-2,4,6,8-9H,3,5,7,10-11H2,(H,21,24). The monoisotopic (exact) mass is 324 g/mol. The van der Waals surface area contributed by atoms with Gasteiger partial charge >= 0.3 is 0 Å². The van der Waals surface area contributed by atoms with Crippen molar-refractivity contribution in [1.29, 1.82) is 0 Å². The first kappa shape index (κ1) is 14.9. The van der Waals surface area contributed by atoms with E-state index in [0.717, 1.165) is 36.2 Å². The Balaban J connectivity index is 1.57. The molecule has 0 atom stereocenters. The second kappa shape index (κ2) is 5.74. The number of benzene rings is 2. The highest BCUT2D eigenvalue weighted by molar-refractivity contribution is 6.04. The van der Waals surface area contributed by atoms with Crippen LogP contribution in [-0.2, 0) is 24.2 Å². The molecule has 0 fully saturated rings. The number of carbonyl (C=O) groups is 2. The van der Waals surface area contributed by atoms with Gasteiger partial charge in [0.15, 0.2) is 0 Å². The number of carbonyl (C=O) groups excluding carboxylic acids is 2. The van der Waals surface area contributed by atoms with Gasteiger partial charge in [0.1, 0.15) is 5.82 Å². The van der Waals surface area contributed by atoms with Gasteiger partial charge in [-0.05, 0) is 42.2 Å². The van der Waals surface area contributed by atoms with E-state index < -0.39 is 0 Å². The molecule has 4 rings (SSSR count). The van der Waals surface area contributed by atoms with Crippen LogP contribution in [0.15, 0.2) is 36.4 Å². The maximum absolute atomic E-state index is 13.6. The minimum Gasteiger partial charge on any atom is -0.348 e. The van der Waals surface area contributed by atoms with Crippen molar-refractivity contribution in [2.45, 2.75) is 25.8 Å². The Morgan fingerprint density at radius 3 is 2.83 bits per heavy atom. The van der Waals surface area contributed by atoms with Gasteiger partial charge in [-0.25, -0.2) is 4.39 Å². The normalized spacial score (nSPS) is 15.4. The smallest absolute Gasteiger partial charge is 0.251 e. The summed E-state index contributed by atoms with van der Waals surface area (Å²) in [4.78, 5) is 26.3. The van der Waals surface area contributed by atoms with Crippen molar-refractivity contribution in [2.75, 3.05) is 11.4 Å². The Bertz CT molecular complexity index is 847. The summed E-state index contributed by atoms with van der Waals surface area (Å²) < 4.78 is 13.6. The third-order valence-electron chi connectivity index (χ3n) is 4.67. The summed E-state index contributed by atoms with van der Waals surface area (Å²) in [5.74, 6) is -0.466. The van der Waals surface area contributed by atoms with Crippen molar-refractivity contribution in [3.63, 3.8) is 0 Å². The number of aryl methyl sites for hydroxylation is 1. The van der Waals surface area contributed by atoms with Crippen molar-refractivity contribution in [3.8, 4) is 0 Å². The van der Waals surface area contributed by atoms with Crippen LogP contribution in [-0.4, -0.2) is 18.4 Å². The Kier molecular flexibility index (Phi) is 3.56. The summed E-state index contributed by atoms with van der Waals surface area (Å²) in [7, 11) is 0. The van der Waals surface area contributed by atoms with Crippen molar-refractivity contribution in [2.24, 2.45) is 0 Å². The van der Waals surface area contributed by atoms with Crippen LogP contribution < -0.4 is 10.2 Å². The molecule has 2 aliphatic heterocycles. The molecular formula is C19H17FN2O2. The molecule has 4 nitrogen and oxygen atoms in total. The van der Waals surface area contributed by atoms with Gasteiger partial charge in [-0.3, -0.25) is 9.59 Å². The van der Waals surface area contributed by atoms with E-state index in [1.807, 2.05) is 11.0 Å². The van der Waals surface area contributed by atoms with Gasteiger partial charge in [0, 0.05) is 24.2 Å². The predicted molar refractivity (Wildman–Crippen MR) is 88.4 cm³/mol. The van der Waals surface area contributed by atoms with Gasteiger partial charge in [-0.1, -0.05) is 18.2 Å². The van der Waals surface area contributed by atoms with Gasteiger partial charge in [0.25, 0.3) is 5.91 Å². The van der Waals surface area contributed by atoms with Gasteiger partial charge in [-0.2, -0.15) is 0 Å². The molecule has 2 aromatic rings. The van der Waals surface area contributed by atoms with Crippen LogP contribution in [0.4, 0.5) is 10.1 Å². The van der Waals surface area contributed by atoms with Crippen LogP contribution in [0.3, 0.4) is 0 Å². The minimum atomic E-state index is -0.330. The summed E-state index contributed by atoms with van der Waals surface area (Å²) >= 11 is 0.